The zero-order chi connectivity index (χ0) is 17.6. The van der Waals surface area contributed by atoms with Crippen molar-refractivity contribution in [1.29, 1.82) is 5.26 Å². The van der Waals surface area contributed by atoms with E-state index in [0.29, 0.717) is 23.3 Å². The smallest absolute Gasteiger partial charge is 0.261 e. The zero-order valence-corrected chi connectivity index (χ0v) is 13.5. The Balaban J connectivity index is 1.66. The Morgan fingerprint density at radius 3 is 2.28 bits per heavy atom. The van der Waals surface area contributed by atoms with Crippen LogP contribution >= 0.6 is 0 Å². The average Bonchev–Trinajstić information content (AvgIpc) is 2.89. The molecule has 2 aromatic rings. The number of nitrogens with zero attached hydrogens (tertiary/aromatic N) is 2. The van der Waals surface area contributed by atoms with Gasteiger partial charge >= 0.3 is 0 Å². The SMILES string of the molecule is N#CCOCOc1ccccc1CCN1C(=O)c2ccccc2C1=O. The van der Waals surface area contributed by atoms with Crippen LogP contribution in [0.5, 0.6) is 5.75 Å². The van der Waals surface area contributed by atoms with Crippen molar-refractivity contribution < 1.29 is 19.1 Å². The van der Waals surface area contributed by atoms with Crippen LogP contribution in [0.2, 0.25) is 0 Å². The van der Waals surface area contributed by atoms with Gasteiger partial charge in [-0.15, -0.1) is 0 Å². The van der Waals surface area contributed by atoms with E-state index in [-0.39, 0.29) is 31.8 Å². The maximum Gasteiger partial charge on any atom is 0.261 e. The summed E-state index contributed by atoms with van der Waals surface area (Å²) in [7, 11) is 0. The molecule has 0 spiro atoms. The van der Waals surface area contributed by atoms with Gasteiger partial charge in [-0.1, -0.05) is 30.3 Å². The number of ether oxygens (including phenoxy) is 2. The predicted molar refractivity (Wildman–Crippen MR) is 89.0 cm³/mol. The van der Waals surface area contributed by atoms with E-state index in [4.69, 9.17) is 14.7 Å². The van der Waals surface area contributed by atoms with Crippen LogP contribution in [0.3, 0.4) is 0 Å². The van der Waals surface area contributed by atoms with Gasteiger partial charge < -0.3 is 9.47 Å². The molecular formula is C19H16N2O4. The lowest BCUT2D eigenvalue weighted by Gasteiger charge is -2.15. The Bertz CT molecular complexity index is 806. The monoisotopic (exact) mass is 336 g/mol. The number of hydrogen-bond donors (Lipinski definition) is 0. The molecule has 0 atom stereocenters. The van der Waals surface area contributed by atoms with Gasteiger partial charge in [0.1, 0.15) is 12.4 Å². The van der Waals surface area contributed by atoms with Crippen LogP contribution in [0.25, 0.3) is 0 Å². The molecule has 3 rings (SSSR count). The van der Waals surface area contributed by atoms with Crippen LogP contribution in [-0.2, 0) is 11.2 Å². The molecule has 0 bridgehead atoms. The minimum Gasteiger partial charge on any atom is -0.467 e. The molecule has 1 aliphatic rings. The first-order valence-electron chi connectivity index (χ1n) is 7.83. The molecule has 0 N–H and O–H groups in total. The number of nitriles is 1. The fraction of sp³-hybridized carbons (Fsp3) is 0.211. The Morgan fingerprint density at radius 1 is 0.960 bits per heavy atom. The van der Waals surface area contributed by atoms with E-state index < -0.39 is 0 Å². The fourth-order valence-electron chi connectivity index (χ4n) is 2.72. The van der Waals surface area contributed by atoms with E-state index in [1.54, 1.807) is 30.3 Å². The van der Waals surface area contributed by atoms with Crippen LogP contribution in [-0.4, -0.2) is 36.7 Å². The van der Waals surface area contributed by atoms with Crippen molar-refractivity contribution in [1.82, 2.24) is 4.90 Å². The second-order valence-corrected chi connectivity index (χ2v) is 5.43. The molecule has 0 unspecified atom stereocenters. The predicted octanol–water partition coefficient (Wildman–Crippen LogP) is 2.40. The number of benzene rings is 2. The van der Waals surface area contributed by atoms with Gasteiger partial charge in [0.05, 0.1) is 17.2 Å². The lowest BCUT2D eigenvalue weighted by molar-refractivity contribution is 0.0320. The van der Waals surface area contributed by atoms with Gasteiger partial charge in [-0.25, -0.2) is 0 Å². The number of amides is 2. The van der Waals surface area contributed by atoms with Crippen molar-refractivity contribution in [3.05, 3.63) is 65.2 Å². The van der Waals surface area contributed by atoms with E-state index in [1.807, 2.05) is 24.3 Å². The van der Waals surface area contributed by atoms with Crippen molar-refractivity contribution in [3.8, 4) is 11.8 Å². The van der Waals surface area contributed by atoms with Crippen molar-refractivity contribution >= 4 is 11.8 Å². The van der Waals surface area contributed by atoms with Crippen LogP contribution in [0.1, 0.15) is 26.3 Å². The summed E-state index contributed by atoms with van der Waals surface area (Å²) in [5.74, 6) is 0.0738. The molecule has 2 aromatic carbocycles. The highest BCUT2D eigenvalue weighted by atomic mass is 16.7. The topological polar surface area (TPSA) is 79.6 Å². The Hall–Kier alpha value is -3.17. The molecule has 6 heteroatoms. The average molecular weight is 336 g/mol. The van der Waals surface area contributed by atoms with Gasteiger partial charge in [0.15, 0.2) is 6.79 Å². The first-order chi connectivity index (χ1) is 12.2. The lowest BCUT2D eigenvalue weighted by Crippen LogP contribution is -2.31. The summed E-state index contributed by atoms with van der Waals surface area (Å²) in [5, 5.41) is 8.45. The summed E-state index contributed by atoms with van der Waals surface area (Å²) < 4.78 is 10.5. The van der Waals surface area contributed by atoms with Gasteiger partial charge in [-0.3, -0.25) is 14.5 Å². The van der Waals surface area contributed by atoms with Gasteiger partial charge in [-0.2, -0.15) is 5.26 Å². The molecule has 0 saturated heterocycles. The summed E-state index contributed by atoms with van der Waals surface area (Å²) in [6.07, 6.45) is 0.472. The van der Waals surface area contributed by atoms with Gasteiger partial charge in [0.2, 0.25) is 0 Å². The maximum absolute atomic E-state index is 12.4. The third-order valence-electron chi connectivity index (χ3n) is 3.92. The molecule has 25 heavy (non-hydrogen) atoms. The van der Waals surface area contributed by atoms with Crippen molar-refractivity contribution in [3.63, 3.8) is 0 Å². The molecule has 126 valence electrons. The van der Waals surface area contributed by atoms with Crippen molar-refractivity contribution in [2.45, 2.75) is 6.42 Å². The zero-order valence-electron chi connectivity index (χ0n) is 13.5. The van der Waals surface area contributed by atoms with Crippen molar-refractivity contribution in [2.24, 2.45) is 0 Å². The maximum atomic E-state index is 12.4. The fourth-order valence-corrected chi connectivity index (χ4v) is 2.72. The largest absolute Gasteiger partial charge is 0.467 e. The number of carbonyl (C=O) groups is 2. The summed E-state index contributed by atoms with van der Waals surface area (Å²) in [5.41, 5.74) is 1.75. The molecule has 1 aliphatic heterocycles. The molecule has 0 aliphatic carbocycles. The quantitative estimate of drug-likeness (QED) is 0.441. The molecular weight excluding hydrogens is 320 g/mol. The standard InChI is InChI=1S/C19H16N2O4/c20-10-12-24-13-25-17-8-4-1-5-14(17)9-11-21-18(22)15-6-2-3-7-16(15)19(21)23/h1-8H,9,11-13H2. The summed E-state index contributed by atoms with van der Waals surface area (Å²) >= 11 is 0. The second kappa shape index (κ2) is 7.60. The number of fused-ring (bicyclic) bond motifs is 1. The second-order valence-electron chi connectivity index (χ2n) is 5.43. The van der Waals surface area contributed by atoms with Crippen molar-refractivity contribution in [2.75, 3.05) is 19.9 Å². The molecule has 0 saturated carbocycles. The molecule has 0 fully saturated rings. The minimum absolute atomic E-state index is 0.0302. The van der Waals surface area contributed by atoms with Gasteiger partial charge in [0.25, 0.3) is 11.8 Å². The Kier molecular flexibility index (Phi) is 5.07. The summed E-state index contributed by atoms with van der Waals surface area (Å²) in [6, 6.07) is 16.0. The van der Waals surface area contributed by atoms with E-state index in [1.165, 1.54) is 4.90 Å². The number of rotatable bonds is 7. The highest BCUT2D eigenvalue weighted by Gasteiger charge is 2.34. The first kappa shape index (κ1) is 16.7. The van der Waals surface area contributed by atoms with Crippen LogP contribution in [0, 0.1) is 11.3 Å². The van der Waals surface area contributed by atoms with E-state index in [9.17, 15) is 9.59 Å². The van der Waals surface area contributed by atoms with E-state index in [0.717, 1.165) is 5.56 Å². The Labute approximate surface area is 145 Å². The van der Waals surface area contributed by atoms with Gasteiger partial charge in [-0.05, 0) is 30.2 Å². The highest BCUT2D eigenvalue weighted by molar-refractivity contribution is 6.21. The third-order valence-corrected chi connectivity index (χ3v) is 3.92. The first-order valence-corrected chi connectivity index (χ1v) is 7.83. The third kappa shape index (κ3) is 3.52. The minimum atomic E-state index is -0.267. The Morgan fingerprint density at radius 2 is 1.60 bits per heavy atom. The highest BCUT2D eigenvalue weighted by Crippen LogP contribution is 2.24. The number of hydrogen-bond acceptors (Lipinski definition) is 5. The van der Waals surface area contributed by atoms with Crippen LogP contribution in [0.4, 0.5) is 0 Å². The molecule has 2 amide bonds. The molecule has 0 aromatic heterocycles. The molecule has 6 nitrogen and oxygen atoms in total. The number of carbonyl (C=O) groups excluding carboxylic acids is 2. The lowest BCUT2D eigenvalue weighted by atomic mass is 10.1. The molecule has 1 heterocycles. The normalized spacial score (nSPS) is 12.8. The summed E-state index contributed by atoms with van der Waals surface area (Å²) in [4.78, 5) is 26.0. The number of para-hydroxylation sites is 1. The van der Waals surface area contributed by atoms with E-state index >= 15 is 0 Å². The van der Waals surface area contributed by atoms with Crippen LogP contribution < -0.4 is 4.74 Å². The van der Waals surface area contributed by atoms with E-state index in [2.05, 4.69) is 0 Å². The van der Waals surface area contributed by atoms with Gasteiger partial charge in [0, 0.05) is 6.54 Å². The number of imide groups is 1. The molecule has 0 radical (unpaired) electrons. The van der Waals surface area contributed by atoms with Crippen LogP contribution in [0.15, 0.2) is 48.5 Å². The summed E-state index contributed by atoms with van der Waals surface area (Å²) in [6.45, 7) is 0.195.